The zero-order valence-electron chi connectivity index (χ0n) is 8.65. The third-order valence-electron chi connectivity index (χ3n) is 2.80. The van der Waals surface area contributed by atoms with Gasteiger partial charge in [0, 0.05) is 12.6 Å². The second kappa shape index (κ2) is 5.32. The first-order chi connectivity index (χ1) is 6.59. The lowest BCUT2D eigenvalue weighted by molar-refractivity contribution is -0.139. The van der Waals surface area contributed by atoms with Crippen LogP contribution in [0.5, 0.6) is 0 Å². The van der Waals surface area contributed by atoms with Crippen molar-refractivity contribution in [3.05, 3.63) is 0 Å². The Bertz CT molecular complexity index is 196. The predicted octanol–water partition coefficient (Wildman–Crippen LogP) is 0.696. The summed E-state index contributed by atoms with van der Waals surface area (Å²) in [4.78, 5) is 12.5. The fraction of sp³-hybridized carbons (Fsp3) is 0.900. The SMILES string of the molecule is CC1CCCCN1CC(O)CC(=O)O. The van der Waals surface area contributed by atoms with Gasteiger partial charge in [0.05, 0.1) is 12.5 Å². The molecule has 0 aromatic rings. The molecule has 4 nitrogen and oxygen atoms in total. The zero-order chi connectivity index (χ0) is 10.6. The minimum Gasteiger partial charge on any atom is -0.481 e. The molecule has 0 saturated carbocycles. The summed E-state index contributed by atoms with van der Waals surface area (Å²) >= 11 is 0. The molecule has 0 aliphatic carbocycles. The van der Waals surface area contributed by atoms with Crippen molar-refractivity contribution in [1.82, 2.24) is 4.90 Å². The summed E-state index contributed by atoms with van der Waals surface area (Å²) in [7, 11) is 0. The van der Waals surface area contributed by atoms with Gasteiger partial charge in [0.2, 0.25) is 0 Å². The molecule has 0 aromatic heterocycles. The molecule has 14 heavy (non-hydrogen) atoms. The Morgan fingerprint density at radius 3 is 2.86 bits per heavy atom. The molecule has 0 spiro atoms. The molecule has 0 bridgehead atoms. The van der Waals surface area contributed by atoms with Gasteiger partial charge >= 0.3 is 5.97 Å². The van der Waals surface area contributed by atoms with Crippen molar-refractivity contribution in [3.8, 4) is 0 Å². The van der Waals surface area contributed by atoms with Crippen LogP contribution in [0.15, 0.2) is 0 Å². The predicted molar refractivity (Wildman–Crippen MR) is 53.1 cm³/mol. The number of β-amino-alcohol motifs (C(OH)–C–C–N with tert-alkyl or cyclic N) is 1. The van der Waals surface area contributed by atoms with E-state index in [-0.39, 0.29) is 6.42 Å². The zero-order valence-corrected chi connectivity index (χ0v) is 8.65. The van der Waals surface area contributed by atoms with Gasteiger partial charge in [-0.05, 0) is 26.3 Å². The van der Waals surface area contributed by atoms with Crippen LogP contribution < -0.4 is 0 Å². The summed E-state index contributed by atoms with van der Waals surface area (Å²) in [6.45, 7) is 3.61. The maximum absolute atomic E-state index is 10.4. The molecule has 2 atom stereocenters. The summed E-state index contributed by atoms with van der Waals surface area (Å²) in [6, 6.07) is 0.479. The van der Waals surface area contributed by atoms with E-state index in [1.807, 2.05) is 0 Å². The van der Waals surface area contributed by atoms with Crippen molar-refractivity contribution in [2.24, 2.45) is 0 Å². The second-order valence-corrected chi connectivity index (χ2v) is 4.09. The number of aliphatic hydroxyl groups excluding tert-OH is 1. The molecule has 1 fully saturated rings. The Kier molecular flexibility index (Phi) is 4.35. The number of piperidine rings is 1. The van der Waals surface area contributed by atoms with Crippen molar-refractivity contribution in [2.45, 2.75) is 44.8 Å². The summed E-state index contributed by atoms with van der Waals surface area (Å²) in [5.74, 6) is -0.929. The second-order valence-electron chi connectivity index (χ2n) is 4.09. The summed E-state index contributed by atoms with van der Waals surface area (Å²) in [5, 5.41) is 18.0. The first-order valence-corrected chi connectivity index (χ1v) is 5.23. The molecule has 2 N–H and O–H groups in total. The number of rotatable bonds is 4. The number of aliphatic hydroxyl groups is 1. The molecule has 0 aromatic carbocycles. The lowest BCUT2D eigenvalue weighted by Gasteiger charge is -2.34. The fourth-order valence-corrected chi connectivity index (χ4v) is 1.97. The van der Waals surface area contributed by atoms with Gasteiger partial charge in [-0.15, -0.1) is 0 Å². The summed E-state index contributed by atoms with van der Waals surface area (Å²) < 4.78 is 0. The van der Waals surface area contributed by atoms with E-state index in [1.165, 1.54) is 6.42 Å². The highest BCUT2D eigenvalue weighted by molar-refractivity contribution is 5.67. The average Bonchev–Trinajstić information content (AvgIpc) is 2.07. The number of likely N-dealkylation sites (tertiary alicyclic amines) is 1. The Morgan fingerprint density at radius 1 is 1.57 bits per heavy atom. The van der Waals surface area contributed by atoms with Gasteiger partial charge in [0.25, 0.3) is 0 Å². The van der Waals surface area contributed by atoms with Gasteiger partial charge in [-0.3, -0.25) is 9.69 Å². The van der Waals surface area contributed by atoms with E-state index in [1.54, 1.807) is 0 Å². The van der Waals surface area contributed by atoms with Gasteiger partial charge in [-0.2, -0.15) is 0 Å². The molecular weight excluding hydrogens is 182 g/mol. The first kappa shape index (κ1) is 11.5. The third-order valence-corrected chi connectivity index (χ3v) is 2.80. The number of carbonyl (C=O) groups is 1. The van der Waals surface area contributed by atoms with Gasteiger partial charge in [-0.1, -0.05) is 6.42 Å². The van der Waals surface area contributed by atoms with Crippen LogP contribution in [0.1, 0.15) is 32.6 Å². The first-order valence-electron chi connectivity index (χ1n) is 5.23. The smallest absolute Gasteiger partial charge is 0.306 e. The lowest BCUT2D eigenvalue weighted by Crippen LogP contribution is -2.42. The van der Waals surface area contributed by atoms with Crippen molar-refractivity contribution < 1.29 is 15.0 Å². The van der Waals surface area contributed by atoms with E-state index < -0.39 is 12.1 Å². The maximum Gasteiger partial charge on any atom is 0.306 e. The van der Waals surface area contributed by atoms with Crippen LogP contribution in [0.2, 0.25) is 0 Å². The third kappa shape index (κ3) is 3.64. The van der Waals surface area contributed by atoms with E-state index in [9.17, 15) is 9.90 Å². The van der Waals surface area contributed by atoms with Gasteiger partial charge in [0.1, 0.15) is 0 Å². The number of hydrogen-bond acceptors (Lipinski definition) is 3. The molecule has 4 heteroatoms. The number of hydrogen-bond donors (Lipinski definition) is 2. The largest absolute Gasteiger partial charge is 0.481 e. The Morgan fingerprint density at radius 2 is 2.29 bits per heavy atom. The van der Waals surface area contributed by atoms with Gasteiger partial charge in [0.15, 0.2) is 0 Å². The average molecular weight is 201 g/mol. The van der Waals surface area contributed by atoms with Crippen LogP contribution in [-0.2, 0) is 4.79 Å². The molecule has 0 radical (unpaired) electrons. The molecule has 1 rings (SSSR count). The van der Waals surface area contributed by atoms with Crippen LogP contribution in [0.4, 0.5) is 0 Å². The Labute approximate surface area is 84.5 Å². The van der Waals surface area contributed by atoms with E-state index in [0.29, 0.717) is 12.6 Å². The molecule has 1 aliphatic heterocycles. The van der Waals surface area contributed by atoms with Crippen LogP contribution in [0, 0.1) is 0 Å². The monoisotopic (exact) mass is 201 g/mol. The highest BCUT2D eigenvalue weighted by Crippen LogP contribution is 2.16. The summed E-state index contributed by atoms with van der Waals surface area (Å²) in [5.41, 5.74) is 0. The molecule has 0 amide bonds. The molecule has 82 valence electrons. The van der Waals surface area contributed by atoms with E-state index in [4.69, 9.17) is 5.11 Å². The highest BCUT2D eigenvalue weighted by atomic mass is 16.4. The van der Waals surface area contributed by atoms with Crippen molar-refractivity contribution in [3.63, 3.8) is 0 Å². The quantitative estimate of drug-likeness (QED) is 0.702. The normalized spacial score (nSPS) is 26.0. The number of nitrogens with zero attached hydrogens (tertiary/aromatic N) is 1. The molecule has 1 saturated heterocycles. The van der Waals surface area contributed by atoms with Crippen LogP contribution >= 0.6 is 0 Å². The number of aliphatic carboxylic acids is 1. The standard InChI is InChI=1S/C10H19NO3/c1-8-4-2-3-5-11(8)7-9(12)6-10(13)14/h8-9,12H,2-7H2,1H3,(H,13,14). The number of carboxylic acids is 1. The van der Waals surface area contributed by atoms with Crippen molar-refractivity contribution in [2.75, 3.05) is 13.1 Å². The van der Waals surface area contributed by atoms with Gasteiger partial charge < -0.3 is 10.2 Å². The Hall–Kier alpha value is -0.610. The van der Waals surface area contributed by atoms with Crippen molar-refractivity contribution >= 4 is 5.97 Å². The molecular formula is C10H19NO3. The minimum atomic E-state index is -0.929. The van der Waals surface area contributed by atoms with E-state index >= 15 is 0 Å². The van der Waals surface area contributed by atoms with Crippen LogP contribution in [-0.4, -0.2) is 46.3 Å². The van der Waals surface area contributed by atoms with Crippen LogP contribution in [0.3, 0.4) is 0 Å². The lowest BCUT2D eigenvalue weighted by atomic mass is 10.0. The van der Waals surface area contributed by atoms with E-state index in [2.05, 4.69) is 11.8 Å². The molecule has 1 heterocycles. The summed E-state index contributed by atoms with van der Waals surface area (Å²) in [6.07, 6.45) is 2.67. The highest BCUT2D eigenvalue weighted by Gasteiger charge is 2.21. The van der Waals surface area contributed by atoms with Crippen molar-refractivity contribution in [1.29, 1.82) is 0 Å². The Balaban J connectivity index is 2.30. The maximum atomic E-state index is 10.4. The molecule has 2 unspecified atom stereocenters. The van der Waals surface area contributed by atoms with E-state index in [0.717, 1.165) is 19.4 Å². The van der Waals surface area contributed by atoms with Gasteiger partial charge in [-0.25, -0.2) is 0 Å². The minimum absolute atomic E-state index is 0.150. The fourth-order valence-electron chi connectivity index (χ4n) is 1.97. The topological polar surface area (TPSA) is 60.8 Å². The molecule has 1 aliphatic rings. The van der Waals surface area contributed by atoms with Crippen LogP contribution in [0.25, 0.3) is 0 Å². The number of carboxylic acid groups (broad SMARTS) is 1.